The predicted octanol–water partition coefficient (Wildman–Crippen LogP) is 2.93. The van der Waals surface area contributed by atoms with Gasteiger partial charge in [0.15, 0.2) is 9.84 Å². The molecule has 0 atom stereocenters. The first-order valence-electron chi connectivity index (χ1n) is 8.22. The van der Waals surface area contributed by atoms with Crippen LogP contribution in [0, 0.1) is 13.8 Å². The summed E-state index contributed by atoms with van der Waals surface area (Å²) in [7, 11) is -3.23. The van der Waals surface area contributed by atoms with Gasteiger partial charge in [0.25, 0.3) is 5.91 Å². The van der Waals surface area contributed by atoms with Crippen LogP contribution < -0.4 is 5.32 Å². The molecule has 0 radical (unpaired) electrons. The van der Waals surface area contributed by atoms with Gasteiger partial charge in [-0.05, 0) is 54.8 Å². The number of hydrogen-bond acceptors (Lipinski definition) is 6. The Balaban J connectivity index is 1.67. The summed E-state index contributed by atoms with van der Waals surface area (Å²) in [4.78, 5) is 12.5. The van der Waals surface area contributed by atoms with Gasteiger partial charge in [-0.3, -0.25) is 10.1 Å². The Bertz CT molecular complexity index is 1090. The van der Waals surface area contributed by atoms with E-state index in [1.165, 1.54) is 12.1 Å². The number of carbonyl (C=O) groups excluding carboxylic acids is 1. The van der Waals surface area contributed by atoms with Crippen molar-refractivity contribution in [1.82, 2.24) is 10.2 Å². The first-order valence-corrected chi connectivity index (χ1v) is 10.1. The monoisotopic (exact) mass is 385 g/mol. The highest BCUT2D eigenvalue weighted by Crippen LogP contribution is 2.16. The van der Waals surface area contributed by atoms with Gasteiger partial charge >= 0.3 is 6.01 Å². The maximum Gasteiger partial charge on any atom is 0.322 e. The van der Waals surface area contributed by atoms with Gasteiger partial charge in [0.05, 0.1) is 11.3 Å². The highest BCUT2D eigenvalue weighted by Gasteiger charge is 2.13. The van der Waals surface area contributed by atoms with Crippen molar-refractivity contribution < 1.29 is 17.6 Å². The molecule has 1 aromatic heterocycles. The number of nitrogens with one attached hydrogen (secondary N) is 1. The molecule has 0 aliphatic carbocycles. The van der Waals surface area contributed by atoms with E-state index in [1.54, 1.807) is 24.3 Å². The second-order valence-corrected chi connectivity index (χ2v) is 8.36. The molecule has 7 nitrogen and oxygen atoms in total. The molecule has 0 fully saturated rings. The summed E-state index contributed by atoms with van der Waals surface area (Å²) < 4.78 is 28.4. The smallest absolute Gasteiger partial charge is 0.322 e. The Hall–Kier alpha value is -3.00. The molecule has 0 aliphatic rings. The summed E-state index contributed by atoms with van der Waals surface area (Å²) in [6.07, 6.45) is 1.49. The first kappa shape index (κ1) is 18.8. The number of benzene rings is 2. The van der Waals surface area contributed by atoms with Gasteiger partial charge in [0.1, 0.15) is 0 Å². The van der Waals surface area contributed by atoms with Crippen molar-refractivity contribution in [2.24, 2.45) is 0 Å². The fourth-order valence-corrected chi connectivity index (χ4v) is 3.09. The number of anilines is 1. The zero-order valence-electron chi connectivity index (χ0n) is 15.2. The largest absolute Gasteiger partial charge is 0.407 e. The third-order valence-corrected chi connectivity index (χ3v) is 5.29. The standard InChI is InChI=1S/C19H19N3O4S/c1-12-4-7-15(10-13(12)2)18(23)20-19-22-21-17(26-19)11-14-5-8-16(9-6-14)27(3,24)25/h4-10H,11H2,1-3H3,(H,20,22,23). The Morgan fingerprint density at radius 2 is 1.74 bits per heavy atom. The van der Waals surface area contributed by atoms with Crippen LogP contribution in [0.3, 0.4) is 0 Å². The minimum Gasteiger partial charge on any atom is -0.407 e. The Labute approximate surface area is 157 Å². The predicted molar refractivity (Wildman–Crippen MR) is 101 cm³/mol. The molecule has 0 saturated carbocycles. The second kappa shape index (κ2) is 7.32. The van der Waals surface area contributed by atoms with Crippen molar-refractivity contribution in [3.8, 4) is 0 Å². The molecule has 1 amide bonds. The van der Waals surface area contributed by atoms with Gasteiger partial charge in [0.2, 0.25) is 5.89 Å². The Kier molecular flexibility index (Phi) is 5.09. The molecule has 140 valence electrons. The van der Waals surface area contributed by atoms with Crippen LogP contribution in [-0.4, -0.2) is 30.8 Å². The molecule has 1 heterocycles. The minimum absolute atomic E-state index is 0.0148. The van der Waals surface area contributed by atoms with Crippen LogP contribution in [0.1, 0.15) is 32.9 Å². The summed E-state index contributed by atoms with van der Waals surface area (Å²) in [5.41, 5.74) is 3.45. The highest BCUT2D eigenvalue weighted by molar-refractivity contribution is 7.90. The topological polar surface area (TPSA) is 102 Å². The van der Waals surface area contributed by atoms with Crippen LogP contribution in [0.25, 0.3) is 0 Å². The third kappa shape index (κ3) is 4.59. The molecule has 27 heavy (non-hydrogen) atoms. The quantitative estimate of drug-likeness (QED) is 0.724. The van der Waals surface area contributed by atoms with E-state index in [-0.39, 0.29) is 16.8 Å². The highest BCUT2D eigenvalue weighted by atomic mass is 32.2. The number of sulfone groups is 1. The van der Waals surface area contributed by atoms with Gasteiger partial charge < -0.3 is 4.42 Å². The van der Waals surface area contributed by atoms with Crippen LogP contribution in [0.4, 0.5) is 6.01 Å². The van der Waals surface area contributed by atoms with Crippen LogP contribution in [-0.2, 0) is 16.3 Å². The van der Waals surface area contributed by atoms with Gasteiger partial charge in [-0.1, -0.05) is 23.3 Å². The Morgan fingerprint density at radius 3 is 2.37 bits per heavy atom. The van der Waals surface area contributed by atoms with Crippen LogP contribution in [0.15, 0.2) is 51.8 Å². The lowest BCUT2D eigenvalue weighted by molar-refractivity contribution is 0.102. The van der Waals surface area contributed by atoms with E-state index < -0.39 is 9.84 Å². The zero-order chi connectivity index (χ0) is 19.6. The molecule has 1 N–H and O–H groups in total. The van der Waals surface area contributed by atoms with Crippen molar-refractivity contribution >= 4 is 21.8 Å². The summed E-state index contributed by atoms with van der Waals surface area (Å²) in [5, 5.41) is 10.3. The fraction of sp³-hybridized carbons (Fsp3) is 0.211. The average molecular weight is 385 g/mol. The molecular formula is C19H19N3O4S. The Morgan fingerprint density at radius 1 is 1.04 bits per heavy atom. The number of hydrogen-bond donors (Lipinski definition) is 1. The van der Waals surface area contributed by atoms with E-state index in [0.29, 0.717) is 17.9 Å². The van der Waals surface area contributed by atoms with Gasteiger partial charge in [-0.15, -0.1) is 5.10 Å². The van der Waals surface area contributed by atoms with Crippen LogP contribution in [0.5, 0.6) is 0 Å². The number of carbonyl (C=O) groups is 1. The summed E-state index contributed by atoms with van der Waals surface area (Å²) >= 11 is 0. The lowest BCUT2D eigenvalue weighted by Gasteiger charge is -2.04. The molecule has 8 heteroatoms. The number of aryl methyl sites for hydroxylation is 2. The SMILES string of the molecule is Cc1ccc(C(=O)Nc2nnc(Cc3ccc(S(C)(=O)=O)cc3)o2)cc1C. The normalized spacial score (nSPS) is 11.4. The second-order valence-electron chi connectivity index (χ2n) is 6.35. The van der Waals surface area contributed by atoms with Crippen molar-refractivity contribution in [3.05, 3.63) is 70.6 Å². The number of amides is 1. The molecule has 3 aromatic rings. The first-order chi connectivity index (χ1) is 12.7. The van der Waals surface area contributed by atoms with Crippen molar-refractivity contribution in [1.29, 1.82) is 0 Å². The number of nitrogens with zero attached hydrogens (tertiary/aromatic N) is 2. The van der Waals surface area contributed by atoms with Gasteiger partial charge in [-0.2, -0.15) is 0 Å². The molecule has 2 aromatic carbocycles. The summed E-state index contributed by atoms with van der Waals surface area (Å²) in [5.74, 6) is -0.0108. The van der Waals surface area contributed by atoms with E-state index in [1.807, 2.05) is 19.9 Å². The third-order valence-electron chi connectivity index (χ3n) is 4.16. The number of aromatic nitrogens is 2. The zero-order valence-corrected chi connectivity index (χ0v) is 16.0. The maximum atomic E-state index is 12.3. The van der Waals surface area contributed by atoms with E-state index in [0.717, 1.165) is 22.9 Å². The van der Waals surface area contributed by atoms with Gasteiger partial charge in [-0.25, -0.2) is 8.42 Å². The van der Waals surface area contributed by atoms with E-state index in [9.17, 15) is 13.2 Å². The lowest BCUT2D eigenvalue weighted by atomic mass is 10.1. The van der Waals surface area contributed by atoms with Crippen molar-refractivity contribution in [2.45, 2.75) is 25.2 Å². The van der Waals surface area contributed by atoms with Crippen molar-refractivity contribution in [2.75, 3.05) is 11.6 Å². The van der Waals surface area contributed by atoms with Crippen LogP contribution in [0.2, 0.25) is 0 Å². The van der Waals surface area contributed by atoms with E-state index >= 15 is 0 Å². The summed E-state index contributed by atoms with van der Waals surface area (Å²) in [6, 6.07) is 11.9. The van der Waals surface area contributed by atoms with Crippen molar-refractivity contribution in [3.63, 3.8) is 0 Å². The fourth-order valence-electron chi connectivity index (χ4n) is 2.46. The molecule has 0 spiro atoms. The molecule has 0 aliphatic heterocycles. The molecule has 0 unspecified atom stereocenters. The van der Waals surface area contributed by atoms with Crippen LogP contribution >= 0.6 is 0 Å². The number of rotatable bonds is 5. The molecule has 3 rings (SSSR count). The minimum atomic E-state index is -3.23. The molecular weight excluding hydrogens is 366 g/mol. The lowest BCUT2D eigenvalue weighted by Crippen LogP contribution is -2.12. The van der Waals surface area contributed by atoms with E-state index in [2.05, 4.69) is 15.5 Å². The van der Waals surface area contributed by atoms with E-state index in [4.69, 9.17) is 4.42 Å². The average Bonchev–Trinajstić information content (AvgIpc) is 3.04. The molecule has 0 saturated heterocycles. The maximum absolute atomic E-state index is 12.3. The molecule has 0 bridgehead atoms. The van der Waals surface area contributed by atoms with Gasteiger partial charge in [0, 0.05) is 11.8 Å². The summed E-state index contributed by atoms with van der Waals surface area (Å²) in [6.45, 7) is 3.91.